The second kappa shape index (κ2) is 11.8. The van der Waals surface area contributed by atoms with E-state index in [-0.39, 0.29) is 34.7 Å². The van der Waals surface area contributed by atoms with E-state index < -0.39 is 12.1 Å². The molecule has 188 valence electrons. The lowest BCUT2D eigenvalue weighted by Crippen LogP contribution is -2.53. The van der Waals surface area contributed by atoms with E-state index >= 15 is 0 Å². The minimum absolute atomic E-state index is 0.109. The lowest BCUT2D eigenvalue weighted by atomic mass is 9.60. The summed E-state index contributed by atoms with van der Waals surface area (Å²) in [5, 5.41) is 3.84. The molecule has 0 bridgehead atoms. The minimum atomic E-state index is -0.836. The van der Waals surface area contributed by atoms with Crippen LogP contribution in [0.25, 0.3) is 0 Å². The van der Waals surface area contributed by atoms with E-state index in [1.54, 1.807) is 0 Å². The molecule has 1 rings (SSSR count). The molecule has 2 atom stereocenters. The fraction of sp³-hybridized carbons (Fsp3) is 0.692. The molecule has 0 aromatic heterocycles. The predicted molar refractivity (Wildman–Crippen MR) is 130 cm³/mol. The quantitative estimate of drug-likeness (QED) is 0.381. The average molecular weight is 465 g/mol. The van der Waals surface area contributed by atoms with Crippen molar-refractivity contribution < 1.29 is 23.9 Å². The molecule has 7 nitrogen and oxygen atoms in total. The topological polar surface area (TPSA) is 77.1 Å². The first-order valence-electron chi connectivity index (χ1n) is 11.5. The summed E-state index contributed by atoms with van der Waals surface area (Å²) in [4.78, 5) is 30.8. The normalized spacial score (nSPS) is 14.4. The molecule has 7 heteroatoms. The first-order chi connectivity index (χ1) is 15.1. The number of likely N-dealkylation sites (N-methyl/N-ethyl adjacent to an activating group) is 1. The lowest BCUT2D eigenvalue weighted by molar-refractivity contribution is -0.171. The number of carbonyl (C=O) groups is 2. The van der Waals surface area contributed by atoms with Crippen molar-refractivity contribution in [3.8, 4) is 0 Å². The van der Waals surface area contributed by atoms with E-state index in [0.717, 1.165) is 10.6 Å². The fourth-order valence-electron chi connectivity index (χ4n) is 3.62. The van der Waals surface area contributed by atoms with Crippen LogP contribution in [0, 0.1) is 16.2 Å². The molecule has 0 aliphatic heterocycles. The fourth-order valence-corrected chi connectivity index (χ4v) is 3.62. The van der Waals surface area contributed by atoms with Gasteiger partial charge in [0.2, 0.25) is 0 Å². The van der Waals surface area contributed by atoms with Crippen LogP contribution in [0.15, 0.2) is 30.3 Å². The maximum Gasteiger partial charge on any atom is 0.408 e. The summed E-state index contributed by atoms with van der Waals surface area (Å²) in [6, 6.07) is 8.94. The first-order valence-corrected chi connectivity index (χ1v) is 11.5. The van der Waals surface area contributed by atoms with Gasteiger partial charge in [0, 0.05) is 25.5 Å². The van der Waals surface area contributed by atoms with Crippen LogP contribution in [0.4, 0.5) is 4.79 Å². The summed E-state index contributed by atoms with van der Waals surface area (Å²) in [6.07, 6.45) is -0.717. The zero-order chi connectivity index (χ0) is 25.4. The highest BCUT2D eigenvalue weighted by Crippen LogP contribution is 2.47. The van der Waals surface area contributed by atoms with Crippen LogP contribution >= 0.6 is 0 Å². The molecule has 0 saturated heterocycles. The Labute approximate surface area is 200 Å². The number of rotatable bonds is 10. The van der Waals surface area contributed by atoms with Crippen LogP contribution < -0.4 is 5.32 Å². The Morgan fingerprint density at radius 3 is 2.06 bits per heavy atom. The van der Waals surface area contributed by atoms with Crippen LogP contribution in [0.3, 0.4) is 0 Å². The van der Waals surface area contributed by atoms with Gasteiger partial charge in [-0.25, -0.2) is 9.86 Å². The van der Waals surface area contributed by atoms with Gasteiger partial charge >= 0.3 is 6.09 Å². The van der Waals surface area contributed by atoms with Gasteiger partial charge in [-0.3, -0.25) is 9.63 Å². The number of nitrogens with one attached hydrogen (secondary N) is 1. The number of hydrogen-bond acceptors (Lipinski definition) is 5. The van der Waals surface area contributed by atoms with Crippen molar-refractivity contribution in [2.75, 3.05) is 20.8 Å². The smallest absolute Gasteiger partial charge is 0.408 e. The van der Waals surface area contributed by atoms with Crippen molar-refractivity contribution in [1.82, 2.24) is 10.4 Å². The Morgan fingerprint density at radius 1 is 1.00 bits per heavy atom. The number of alkyl carbamates (subject to hydrolysis) is 1. The molecule has 0 heterocycles. The van der Waals surface area contributed by atoms with Crippen molar-refractivity contribution >= 4 is 12.0 Å². The van der Waals surface area contributed by atoms with E-state index in [9.17, 15) is 9.59 Å². The summed E-state index contributed by atoms with van der Waals surface area (Å²) in [5.74, 6) is -0.375. The molecule has 0 spiro atoms. The number of carbonyl (C=O) groups excluding carboxylic acids is 2. The number of benzene rings is 1. The standard InChI is InChI=1S/C26H44N2O5/c1-24(2,3)22(26(7,8)25(4,5)6)33-23(30)27-20(21(29)28(9)31-10)16-17-32-18-19-14-12-11-13-15-19/h11-15,20,22H,16-18H2,1-10H3,(H,27,30)/t20-,22?/m0/s1. The van der Waals surface area contributed by atoms with Crippen LogP contribution in [0.1, 0.15) is 67.4 Å². The third-order valence-electron chi connectivity index (χ3n) is 6.44. The average Bonchev–Trinajstić information content (AvgIpc) is 2.72. The van der Waals surface area contributed by atoms with E-state index in [1.807, 2.05) is 30.3 Å². The Bertz CT molecular complexity index is 750. The Balaban J connectivity index is 2.89. The third-order valence-corrected chi connectivity index (χ3v) is 6.44. The van der Waals surface area contributed by atoms with Crippen molar-refractivity contribution in [1.29, 1.82) is 0 Å². The summed E-state index contributed by atoms with van der Waals surface area (Å²) in [7, 11) is 2.91. The molecule has 1 aromatic carbocycles. The van der Waals surface area contributed by atoms with E-state index in [0.29, 0.717) is 13.2 Å². The molecule has 1 unspecified atom stereocenters. The molecule has 0 saturated carbocycles. The van der Waals surface area contributed by atoms with Gasteiger partial charge in [-0.05, 0) is 16.4 Å². The summed E-state index contributed by atoms with van der Waals surface area (Å²) in [5.41, 5.74) is 0.321. The van der Waals surface area contributed by atoms with Crippen molar-refractivity contribution in [3.05, 3.63) is 35.9 Å². The Kier molecular flexibility index (Phi) is 10.4. The van der Waals surface area contributed by atoms with Crippen LogP contribution in [-0.4, -0.2) is 50.0 Å². The largest absolute Gasteiger partial charge is 0.445 e. The summed E-state index contributed by atoms with van der Waals surface area (Å²) < 4.78 is 11.7. The highest BCUT2D eigenvalue weighted by molar-refractivity contribution is 5.84. The number of hydroxylamine groups is 2. The minimum Gasteiger partial charge on any atom is -0.445 e. The highest BCUT2D eigenvalue weighted by Gasteiger charge is 2.48. The molecule has 0 radical (unpaired) electrons. The van der Waals surface area contributed by atoms with E-state index in [1.165, 1.54) is 14.2 Å². The molecular formula is C26H44N2O5. The van der Waals surface area contributed by atoms with Gasteiger partial charge in [-0.15, -0.1) is 0 Å². The van der Waals surface area contributed by atoms with Gasteiger partial charge in [0.05, 0.1) is 13.7 Å². The van der Waals surface area contributed by atoms with Crippen LogP contribution in [-0.2, 0) is 25.7 Å². The van der Waals surface area contributed by atoms with Crippen LogP contribution in [0.2, 0.25) is 0 Å². The third kappa shape index (κ3) is 8.63. The van der Waals surface area contributed by atoms with Gasteiger partial charge in [0.1, 0.15) is 12.1 Å². The number of hydrogen-bond donors (Lipinski definition) is 1. The molecule has 2 amide bonds. The summed E-state index contributed by atoms with van der Waals surface area (Å²) >= 11 is 0. The summed E-state index contributed by atoms with van der Waals surface area (Å²) in [6.45, 7) is 17.5. The van der Waals surface area contributed by atoms with E-state index in [2.05, 4.69) is 60.7 Å². The predicted octanol–water partition coefficient (Wildman–Crippen LogP) is 5.19. The number of nitrogens with zero attached hydrogens (tertiary/aromatic N) is 1. The first kappa shape index (κ1) is 28.9. The van der Waals surface area contributed by atoms with Crippen molar-refractivity contribution in [2.24, 2.45) is 16.2 Å². The molecule has 0 fully saturated rings. The van der Waals surface area contributed by atoms with Crippen molar-refractivity contribution in [2.45, 2.75) is 80.6 Å². The Morgan fingerprint density at radius 2 is 1.58 bits per heavy atom. The number of ether oxygens (including phenoxy) is 2. The second-order valence-corrected chi connectivity index (χ2v) is 11.2. The van der Waals surface area contributed by atoms with Gasteiger partial charge in [-0.1, -0.05) is 85.7 Å². The van der Waals surface area contributed by atoms with Gasteiger partial charge < -0.3 is 14.8 Å². The van der Waals surface area contributed by atoms with Gasteiger partial charge in [-0.2, -0.15) is 0 Å². The molecule has 0 aliphatic rings. The highest BCUT2D eigenvalue weighted by atomic mass is 16.7. The Hall–Kier alpha value is -2.12. The monoisotopic (exact) mass is 464 g/mol. The molecule has 33 heavy (non-hydrogen) atoms. The van der Waals surface area contributed by atoms with Gasteiger partial charge in [0.15, 0.2) is 0 Å². The zero-order valence-electron chi connectivity index (χ0n) is 22.2. The lowest BCUT2D eigenvalue weighted by Gasteiger charge is -2.49. The molecule has 1 aromatic rings. The number of amides is 2. The zero-order valence-corrected chi connectivity index (χ0v) is 22.2. The maximum atomic E-state index is 13.0. The molecule has 0 aliphatic carbocycles. The second-order valence-electron chi connectivity index (χ2n) is 11.2. The molecular weight excluding hydrogens is 420 g/mol. The van der Waals surface area contributed by atoms with Crippen LogP contribution in [0.5, 0.6) is 0 Å². The maximum absolute atomic E-state index is 13.0. The van der Waals surface area contributed by atoms with Gasteiger partial charge in [0.25, 0.3) is 5.91 Å². The molecule has 1 N–H and O–H groups in total. The SMILES string of the molecule is CON(C)C(=O)[C@H](CCOCc1ccccc1)NC(=O)OC(C(C)(C)C)C(C)(C)C(C)(C)C. The van der Waals surface area contributed by atoms with Crippen molar-refractivity contribution in [3.63, 3.8) is 0 Å². The van der Waals surface area contributed by atoms with E-state index in [4.69, 9.17) is 14.3 Å².